The Morgan fingerprint density at radius 1 is 1.15 bits per heavy atom. The Hall–Kier alpha value is -1.62. The number of nitrogens with two attached hydrogens (primary N) is 1. The predicted molar refractivity (Wildman–Crippen MR) is 84.8 cm³/mol. The maximum absolute atomic E-state index is 6.09. The highest BCUT2D eigenvalue weighted by molar-refractivity contribution is 5.72. The summed E-state index contributed by atoms with van der Waals surface area (Å²) in [5, 5.41) is 3.50. The molecule has 0 heterocycles. The van der Waals surface area contributed by atoms with Gasteiger partial charge < -0.3 is 25.4 Å². The molecule has 3 N–H and O–H groups in total. The topological polar surface area (TPSA) is 59.8 Å². The average molecular weight is 281 g/mol. The number of hydrogen-bond donors (Lipinski definition) is 2. The zero-order valence-electron chi connectivity index (χ0n) is 13.4. The summed E-state index contributed by atoms with van der Waals surface area (Å²) in [5.41, 5.74) is 7.63. The number of nitrogens with zero attached hydrogens (tertiary/aromatic N) is 1. The molecular formula is C15H27N3O2. The van der Waals surface area contributed by atoms with Crippen molar-refractivity contribution >= 4 is 11.4 Å². The molecule has 1 unspecified atom stereocenters. The first kappa shape index (κ1) is 16.4. The van der Waals surface area contributed by atoms with E-state index in [-0.39, 0.29) is 0 Å². The average Bonchev–Trinajstić information content (AvgIpc) is 2.38. The van der Waals surface area contributed by atoms with Crippen molar-refractivity contribution in [1.82, 2.24) is 4.90 Å². The second kappa shape index (κ2) is 7.24. The number of ether oxygens (including phenoxy) is 2. The zero-order chi connectivity index (χ0) is 15.3. The zero-order valence-corrected chi connectivity index (χ0v) is 13.4. The van der Waals surface area contributed by atoms with E-state index in [1.807, 2.05) is 6.07 Å². The number of rotatable bonds is 7. The summed E-state index contributed by atoms with van der Waals surface area (Å²) in [4.78, 5) is 2.16. The molecule has 5 nitrogen and oxygen atoms in total. The van der Waals surface area contributed by atoms with Gasteiger partial charge in [-0.1, -0.05) is 13.8 Å². The third-order valence-corrected chi connectivity index (χ3v) is 3.26. The van der Waals surface area contributed by atoms with Crippen molar-refractivity contribution < 1.29 is 9.47 Å². The van der Waals surface area contributed by atoms with Crippen molar-refractivity contribution in [3.8, 4) is 11.5 Å². The maximum Gasteiger partial charge on any atom is 0.162 e. The fourth-order valence-corrected chi connectivity index (χ4v) is 2.04. The van der Waals surface area contributed by atoms with Crippen LogP contribution in [0.2, 0.25) is 0 Å². The number of hydrogen-bond acceptors (Lipinski definition) is 5. The third kappa shape index (κ3) is 4.20. The Morgan fingerprint density at radius 3 is 2.15 bits per heavy atom. The molecule has 0 saturated heterocycles. The van der Waals surface area contributed by atoms with E-state index in [4.69, 9.17) is 15.2 Å². The van der Waals surface area contributed by atoms with E-state index >= 15 is 0 Å². The van der Waals surface area contributed by atoms with Gasteiger partial charge in [-0.2, -0.15) is 0 Å². The number of nitrogen functional groups attached to an aromatic ring is 1. The molecule has 1 atom stereocenters. The second-order valence-corrected chi connectivity index (χ2v) is 5.55. The van der Waals surface area contributed by atoms with Crippen LogP contribution in [0.1, 0.15) is 13.8 Å². The lowest BCUT2D eigenvalue weighted by atomic mass is 10.0. The van der Waals surface area contributed by atoms with E-state index in [0.29, 0.717) is 29.1 Å². The van der Waals surface area contributed by atoms with E-state index in [0.717, 1.165) is 12.2 Å². The Balaban J connectivity index is 3.00. The fraction of sp³-hybridized carbons (Fsp3) is 0.600. The van der Waals surface area contributed by atoms with Gasteiger partial charge in [0.05, 0.1) is 25.6 Å². The molecule has 114 valence electrons. The van der Waals surface area contributed by atoms with Crippen molar-refractivity contribution in [2.24, 2.45) is 5.92 Å². The maximum atomic E-state index is 6.09. The molecule has 1 aromatic rings. The molecule has 0 aliphatic carbocycles. The fourth-order valence-electron chi connectivity index (χ4n) is 2.04. The molecule has 0 aliphatic rings. The van der Waals surface area contributed by atoms with Gasteiger partial charge in [0, 0.05) is 24.7 Å². The minimum atomic E-state index is 0.311. The molecule has 5 heteroatoms. The van der Waals surface area contributed by atoms with Crippen molar-refractivity contribution in [3.05, 3.63) is 12.1 Å². The SMILES string of the molecule is COc1cc(N)c(NC(CN(C)C)C(C)C)cc1OC. The van der Waals surface area contributed by atoms with Crippen LogP contribution >= 0.6 is 0 Å². The summed E-state index contributed by atoms with van der Waals surface area (Å²) in [6.45, 7) is 5.32. The first-order chi connectivity index (χ1) is 9.38. The quantitative estimate of drug-likeness (QED) is 0.751. The van der Waals surface area contributed by atoms with Crippen molar-refractivity contribution in [3.63, 3.8) is 0 Å². The highest BCUT2D eigenvalue weighted by atomic mass is 16.5. The van der Waals surface area contributed by atoms with E-state index in [1.54, 1.807) is 20.3 Å². The van der Waals surface area contributed by atoms with Crippen LogP contribution in [0.3, 0.4) is 0 Å². The monoisotopic (exact) mass is 281 g/mol. The predicted octanol–water partition coefficient (Wildman–Crippen LogP) is 2.28. The Labute approximate surface area is 122 Å². The summed E-state index contributed by atoms with van der Waals surface area (Å²) in [7, 11) is 7.36. The van der Waals surface area contributed by atoms with E-state index in [2.05, 4.69) is 38.2 Å². The van der Waals surface area contributed by atoms with Crippen LogP contribution < -0.4 is 20.5 Å². The van der Waals surface area contributed by atoms with E-state index in [1.165, 1.54) is 0 Å². The molecule has 0 spiro atoms. The Kier molecular flexibility index (Phi) is 5.95. The van der Waals surface area contributed by atoms with Crippen LogP contribution in [-0.4, -0.2) is 45.8 Å². The Morgan fingerprint density at radius 2 is 1.70 bits per heavy atom. The lowest BCUT2D eigenvalue weighted by Crippen LogP contribution is -2.36. The van der Waals surface area contributed by atoms with Gasteiger partial charge >= 0.3 is 0 Å². The molecule has 0 aliphatic heterocycles. The normalized spacial score (nSPS) is 12.6. The van der Waals surface area contributed by atoms with Gasteiger partial charge in [-0.05, 0) is 20.0 Å². The first-order valence-corrected chi connectivity index (χ1v) is 6.81. The number of nitrogens with one attached hydrogen (secondary N) is 1. The van der Waals surface area contributed by atoms with Gasteiger partial charge in [-0.15, -0.1) is 0 Å². The molecule has 1 aromatic carbocycles. The van der Waals surface area contributed by atoms with E-state index < -0.39 is 0 Å². The minimum Gasteiger partial charge on any atom is -0.493 e. The van der Waals surface area contributed by atoms with Gasteiger partial charge in [-0.3, -0.25) is 0 Å². The summed E-state index contributed by atoms with van der Waals surface area (Å²) in [6.07, 6.45) is 0. The summed E-state index contributed by atoms with van der Waals surface area (Å²) >= 11 is 0. The van der Waals surface area contributed by atoms with E-state index in [9.17, 15) is 0 Å². The second-order valence-electron chi connectivity index (χ2n) is 5.55. The lowest BCUT2D eigenvalue weighted by Gasteiger charge is -2.27. The smallest absolute Gasteiger partial charge is 0.162 e. The highest BCUT2D eigenvalue weighted by Gasteiger charge is 2.17. The first-order valence-electron chi connectivity index (χ1n) is 6.81. The lowest BCUT2D eigenvalue weighted by molar-refractivity contribution is 0.344. The number of anilines is 2. The molecule has 0 saturated carbocycles. The standard InChI is InChI=1S/C15H27N3O2/c1-10(2)13(9-18(3)4)17-12-8-15(20-6)14(19-5)7-11(12)16/h7-8,10,13,17H,9,16H2,1-6H3. The number of benzene rings is 1. The summed E-state index contributed by atoms with van der Waals surface area (Å²) in [5.74, 6) is 1.81. The Bertz CT molecular complexity index is 433. The van der Waals surface area contributed by atoms with Crippen LogP contribution in [0, 0.1) is 5.92 Å². The van der Waals surface area contributed by atoms with Gasteiger partial charge in [0.15, 0.2) is 11.5 Å². The van der Waals surface area contributed by atoms with Crippen LogP contribution in [-0.2, 0) is 0 Å². The van der Waals surface area contributed by atoms with Gasteiger partial charge in [-0.25, -0.2) is 0 Å². The number of methoxy groups -OCH3 is 2. The van der Waals surface area contributed by atoms with Crippen molar-refractivity contribution in [2.45, 2.75) is 19.9 Å². The molecule has 0 radical (unpaired) electrons. The largest absolute Gasteiger partial charge is 0.493 e. The number of likely N-dealkylation sites (N-methyl/N-ethyl adjacent to an activating group) is 1. The van der Waals surface area contributed by atoms with Crippen LogP contribution in [0.15, 0.2) is 12.1 Å². The van der Waals surface area contributed by atoms with Crippen LogP contribution in [0.5, 0.6) is 11.5 Å². The molecule has 0 aromatic heterocycles. The molecule has 1 rings (SSSR count). The van der Waals surface area contributed by atoms with Gasteiger partial charge in [0.1, 0.15) is 0 Å². The minimum absolute atomic E-state index is 0.311. The van der Waals surface area contributed by atoms with Crippen molar-refractivity contribution in [2.75, 3.05) is 45.9 Å². The third-order valence-electron chi connectivity index (χ3n) is 3.26. The molecule has 20 heavy (non-hydrogen) atoms. The van der Waals surface area contributed by atoms with Gasteiger partial charge in [0.25, 0.3) is 0 Å². The summed E-state index contributed by atoms with van der Waals surface area (Å²) < 4.78 is 10.6. The molecule has 0 fully saturated rings. The molecule has 0 amide bonds. The van der Waals surface area contributed by atoms with Crippen molar-refractivity contribution in [1.29, 1.82) is 0 Å². The highest BCUT2D eigenvalue weighted by Crippen LogP contribution is 2.35. The van der Waals surface area contributed by atoms with Gasteiger partial charge in [0.2, 0.25) is 0 Å². The van der Waals surface area contributed by atoms with Crippen LogP contribution in [0.25, 0.3) is 0 Å². The molecular weight excluding hydrogens is 254 g/mol. The summed E-state index contributed by atoms with van der Waals surface area (Å²) in [6, 6.07) is 3.98. The van der Waals surface area contributed by atoms with Crippen LogP contribution in [0.4, 0.5) is 11.4 Å². The molecule has 0 bridgehead atoms.